The third-order valence-corrected chi connectivity index (χ3v) is 5.15. The van der Waals surface area contributed by atoms with Gasteiger partial charge in [0.05, 0.1) is 25.5 Å². The number of aryl methyl sites for hydroxylation is 1. The standard InChI is InChI=1S/C25H21FN2O4/c1-15-7-9-16(10-8-15)22-23(27-18-6-4-5-17(26)13-18)25(30)28(24(22)29)20-12-11-19(31-2)14-21(20)32-3/h4-14,27H,1-3H3. The molecule has 1 aliphatic rings. The number of halogens is 1. The minimum absolute atomic E-state index is 0.0577. The van der Waals surface area contributed by atoms with Crippen LogP contribution >= 0.6 is 0 Å². The average molecular weight is 432 g/mol. The smallest absolute Gasteiger partial charge is 0.282 e. The van der Waals surface area contributed by atoms with Crippen LogP contribution in [-0.2, 0) is 9.59 Å². The number of methoxy groups -OCH3 is 2. The lowest BCUT2D eigenvalue weighted by atomic mass is 10.0. The Kier molecular flexibility index (Phi) is 5.64. The molecular weight excluding hydrogens is 411 g/mol. The number of carbonyl (C=O) groups excluding carboxylic acids is 2. The largest absolute Gasteiger partial charge is 0.497 e. The third-order valence-electron chi connectivity index (χ3n) is 5.15. The minimum atomic E-state index is -0.571. The molecule has 0 saturated carbocycles. The molecule has 162 valence electrons. The topological polar surface area (TPSA) is 67.9 Å². The molecule has 3 aromatic rings. The summed E-state index contributed by atoms with van der Waals surface area (Å²) in [7, 11) is 2.96. The highest BCUT2D eigenvalue weighted by Crippen LogP contribution is 2.39. The van der Waals surface area contributed by atoms with Crippen LogP contribution in [0.15, 0.2) is 72.4 Å². The first-order valence-electron chi connectivity index (χ1n) is 9.87. The molecule has 0 aliphatic carbocycles. The van der Waals surface area contributed by atoms with E-state index in [-0.39, 0.29) is 17.0 Å². The summed E-state index contributed by atoms with van der Waals surface area (Å²) in [4.78, 5) is 28.1. The highest BCUT2D eigenvalue weighted by Gasteiger charge is 2.41. The average Bonchev–Trinajstić information content (AvgIpc) is 3.03. The molecule has 0 radical (unpaired) electrons. The molecular formula is C25H21FN2O4. The lowest BCUT2D eigenvalue weighted by Crippen LogP contribution is -2.32. The van der Waals surface area contributed by atoms with Gasteiger partial charge in [-0.2, -0.15) is 0 Å². The molecule has 0 saturated heterocycles. The number of imide groups is 1. The zero-order valence-corrected chi connectivity index (χ0v) is 17.8. The second kappa shape index (κ2) is 8.55. The van der Waals surface area contributed by atoms with Gasteiger partial charge in [0.2, 0.25) is 0 Å². The molecule has 1 aliphatic heterocycles. The van der Waals surface area contributed by atoms with Gasteiger partial charge < -0.3 is 14.8 Å². The molecule has 0 fully saturated rings. The molecule has 3 aromatic carbocycles. The number of hydrogen-bond donors (Lipinski definition) is 1. The Balaban J connectivity index is 1.84. The molecule has 4 rings (SSSR count). The number of carbonyl (C=O) groups is 2. The van der Waals surface area contributed by atoms with Crippen LogP contribution in [0.4, 0.5) is 15.8 Å². The van der Waals surface area contributed by atoms with Crippen molar-refractivity contribution in [2.24, 2.45) is 0 Å². The Morgan fingerprint density at radius 3 is 2.28 bits per heavy atom. The van der Waals surface area contributed by atoms with Crippen LogP contribution in [0.5, 0.6) is 11.5 Å². The van der Waals surface area contributed by atoms with Gasteiger partial charge in [-0.25, -0.2) is 9.29 Å². The van der Waals surface area contributed by atoms with Gasteiger partial charge in [-0.05, 0) is 42.8 Å². The first kappa shape index (κ1) is 21.1. The third kappa shape index (κ3) is 3.80. The molecule has 0 aromatic heterocycles. The number of amides is 2. The maximum atomic E-state index is 13.7. The maximum Gasteiger partial charge on any atom is 0.282 e. The van der Waals surface area contributed by atoms with Crippen molar-refractivity contribution in [2.45, 2.75) is 6.92 Å². The summed E-state index contributed by atoms with van der Waals surface area (Å²) in [5.74, 6) is -0.715. The molecule has 0 unspecified atom stereocenters. The molecule has 0 atom stereocenters. The Bertz CT molecular complexity index is 1230. The van der Waals surface area contributed by atoms with Crippen molar-refractivity contribution >= 4 is 28.8 Å². The quantitative estimate of drug-likeness (QED) is 0.579. The van der Waals surface area contributed by atoms with Gasteiger partial charge in [-0.1, -0.05) is 35.9 Å². The van der Waals surface area contributed by atoms with E-state index in [4.69, 9.17) is 9.47 Å². The highest BCUT2D eigenvalue weighted by molar-refractivity contribution is 6.46. The predicted molar refractivity (Wildman–Crippen MR) is 120 cm³/mol. The van der Waals surface area contributed by atoms with Crippen molar-refractivity contribution in [1.82, 2.24) is 0 Å². The zero-order chi connectivity index (χ0) is 22.8. The van der Waals surface area contributed by atoms with E-state index in [1.165, 1.54) is 32.4 Å². The van der Waals surface area contributed by atoms with Crippen LogP contribution in [-0.4, -0.2) is 26.0 Å². The summed E-state index contributed by atoms with van der Waals surface area (Å²) >= 11 is 0. The summed E-state index contributed by atoms with van der Waals surface area (Å²) in [6, 6.07) is 17.8. The van der Waals surface area contributed by atoms with Crippen molar-refractivity contribution in [3.63, 3.8) is 0 Å². The van der Waals surface area contributed by atoms with E-state index < -0.39 is 17.6 Å². The summed E-state index contributed by atoms with van der Waals surface area (Å²) < 4.78 is 24.4. The van der Waals surface area contributed by atoms with E-state index in [9.17, 15) is 14.0 Å². The summed E-state index contributed by atoms with van der Waals surface area (Å²) in [5, 5.41) is 2.95. The van der Waals surface area contributed by atoms with E-state index in [0.29, 0.717) is 22.7 Å². The summed E-state index contributed by atoms with van der Waals surface area (Å²) in [5.41, 5.74) is 2.47. The molecule has 0 bridgehead atoms. The van der Waals surface area contributed by atoms with Gasteiger partial charge in [0.1, 0.15) is 23.0 Å². The number of anilines is 2. The van der Waals surface area contributed by atoms with E-state index in [1.54, 1.807) is 36.4 Å². The van der Waals surface area contributed by atoms with Crippen LogP contribution in [0.2, 0.25) is 0 Å². The SMILES string of the molecule is COc1ccc(N2C(=O)C(Nc3cccc(F)c3)=C(c3ccc(C)cc3)C2=O)c(OC)c1. The number of benzene rings is 3. The van der Waals surface area contributed by atoms with Crippen LogP contribution in [0.3, 0.4) is 0 Å². The van der Waals surface area contributed by atoms with Crippen molar-refractivity contribution in [1.29, 1.82) is 0 Å². The van der Waals surface area contributed by atoms with Crippen molar-refractivity contribution < 1.29 is 23.5 Å². The second-order valence-electron chi connectivity index (χ2n) is 7.23. The Morgan fingerprint density at radius 1 is 0.875 bits per heavy atom. The normalized spacial score (nSPS) is 13.6. The minimum Gasteiger partial charge on any atom is -0.497 e. The number of ether oxygens (including phenoxy) is 2. The van der Waals surface area contributed by atoms with Crippen LogP contribution in [0.25, 0.3) is 5.57 Å². The second-order valence-corrected chi connectivity index (χ2v) is 7.23. The molecule has 2 amide bonds. The monoisotopic (exact) mass is 432 g/mol. The fourth-order valence-electron chi connectivity index (χ4n) is 3.53. The van der Waals surface area contributed by atoms with Crippen molar-refractivity contribution in [2.75, 3.05) is 24.4 Å². The van der Waals surface area contributed by atoms with Crippen LogP contribution in [0, 0.1) is 12.7 Å². The number of nitrogens with one attached hydrogen (secondary N) is 1. The zero-order valence-electron chi connectivity index (χ0n) is 17.8. The first-order valence-corrected chi connectivity index (χ1v) is 9.87. The number of hydrogen-bond acceptors (Lipinski definition) is 5. The highest BCUT2D eigenvalue weighted by atomic mass is 19.1. The fourth-order valence-corrected chi connectivity index (χ4v) is 3.53. The van der Waals surface area contributed by atoms with Crippen molar-refractivity contribution in [3.8, 4) is 11.5 Å². The maximum absolute atomic E-state index is 13.7. The van der Waals surface area contributed by atoms with Crippen LogP contribution in [0.1, 0.15) is 11.1 Å². The molecule has 1 N–H and O–H groups in total. The Morgan fingerprint density at radius 2 is 1.62 bits per heavy atom. The van der Waals surface area contributed by atoms with Gasteiger partial charge in [-0.3, -0.25) is 9.59 Å². The Hall–Kier alpha value is -4.13. The Labute approximate surface area is 184 Å². The van der Waals surface area contributed by atoms with Gasteiger partial charge in [-0.15, -0.1) is 0 Å². The molecule has 7 heteroatoms. The molecule has 0 spiro atoms. The van der Waals surface area contributed by atoms with Gasteiger partial charge >= 0.3 is 0 Å². The van der Waals surface area contributed by atoms with Crippen molar-refractivity contribution in [3.05, 3.63) is 89.4 Å². The van der Waals surface area contributed by atoms with Crippen LogP contribution < -0.4 is 19.7 Å². The van der Waals surface area contributed by atoms with E-state index in [1.807, 2.05) is 19.1 Å². The van der Waals surface area contributed by atoms with Gasteiger partial charge in [0, 0.05) is 11.8 Å². The van der Waals surface area contributed by atoms with E-state index in [0.717, 1.165) is 10.5 Å². The summed E-state index contributed by atoms with van der Waals surface area (Å²) in [6.07, 6.45) is 0. The molecule has 1 heterocycles. The lowest BCUT2D eigenvalue weighted by molar-refractivity contribution is -0.120. The van der Waals surface area contributed by atoms with Gasteiger partial charge in [0.25, 0.3) is 11.8 Å². The fraction of sp³-hybridized carbons (Fsp3) is 0.120. The van der Waals surface area contributed by atoms with Gasteiger partial charge in [0.15, 0.2) is 0 Å². The number of rotatable bonds is 6. The molecule has 32 heavy (non-hydrogen) atoms. The first-order chi connectivity index (χ1) is 15.4. The molecule has 6 nitrogen and oxygen atoms in total. The van der Waals surface area contributed by atoms with E-state index >= 15 is 0 Å². The summed E-state index contributed by atoms with van der Waals surface area (Å²) in [6.45, 7) is 1.93. The van der Waals surface area contributed by atoms with E-state index in [2.05, 4.69) is 5.32 Å². The number of nitrogens with zero attached hydrogens (tertiary/aromatic N) is 1. The lowest BCUT2D eigenvalue weighted by Gasteiger charge is -2.19. The predicted octanol–water partition coefficient (Wildman–Crippen LogP) is 4.55.